The molecular weight excluding hydrogens is 695 g/mol. The average Bonchev–Trinajstić information content (AvgIpc) is 3.20. The molecular formula is C50H95NO5. The van der Waals surface area contributed by atoms with E-state index < -0.39 is 12.1 Å². The standard InChI is InChI=1S/C50H95NO5/c1-3-5-7-9-11-13-23-28-32-36-40-44-50(55)56-45-41-37-33-29-25-22-20-18-16-15-17-19-21-24-27-31-35-39-43-49(54)51-47(46-52)48(53)42-38-34-30-26-14-12-10-8-6-4-2/h9,11,38,42,47-48,52-53H,3-8,10,12-37,39-41,43-46H2,1-2H3,(H,51,54)/b11-9-,42-38+. The van der Waals surface area contributed by atoms with Crippen LogP contribution in [-0.4, -0.2) is 47.4 Å². The summed E-state index contributed by atoms with van der Waals surface area (Å²) >= 11 is 0. The number of carbonyl (C=O) groups is 2. The Kier molecular flexibility index (Phi) is 44.7. The van der Waals surface area contributed by atoms with Crippen molar-refractivity contribution in [1.82, 2.24) is 5.32 Å². The number of amides is 1. The van der Waals surface area contributed by atoms with Crippen LogP contribution in [0.25, 0.3) is 0 Å². The van der Waals surface area contributed by atoms with Crippen LogP contribution in [0.1, 0.15) is 258 Å². The van der Waals surface area contributed by atoms with Gasteiger partial charge in [-0.1, -0.05) is 218 Å². The summed E-state index contributed by atoms with van der Waals surface area (Å²) in [6.07, 6.45) is 53.2. The van der Waals surface area contributed by atoms with Crippen molar-refractivity contribution in [3.63, 3.8) is 0 Å². The van der Waals surface area contributed by atoms with E-state index in [1.165, 1.54) is 186 Å². The van der Waals surface area contributed by atoms with Crippen LogP contribution in [0.5, 0.6) is 0 Å². The Labute approximate surface area is 348 Å². The summed E-state index contributed by atoms with van der Waals surface area (Å²) in [5, 5.41) is 22.9. The molecule has 330 valence electrons. The van der Waals surface area contributed by atoms with Gasteiger partial charge in [-0.25, -0.2) is 0 Å². The monoisotopic (exact) mass is 790 g/mol. The maximum Gasteiger partial charge on any atom is 0.305 e. The largest absolute Gasteiger partial charge is 0.466 e. The molecule has 0 saturated carbocycles. The summed E-state index contributed by atoms with van der Waals surface area (Å²) in [6.45, 7) is 4.83. The second-order valence-corrected chi connectivity index (χ2v) is 16.8. The zero-order chi connectivity index (χ0) is 40.8. The van der Waals surface area contributed by atoms with Gasteiger partial charge in [0.25, 0.3) is 0 Å². The molecule has 6 heteroatoms. The van der Waals surface area contributed by atoms with Crippen LogP contribution in [0.2, 0.25) is 0 Å². The first kappa shape index (κ1) is 54.3. The molecule has 0 aromatic rings. The Morgan fingerprint density at radius 3 is 1.32 bits per heavy atom. The molecule has 3 N–H and O–H groups in total. The molecule has 56 heavy (non-hydrogen) atoms. The van der Waals surface area contributed by atoms with Gasteiger partial charge in [0.2, 0.25) is 5.91 Å². The van der Waals surface area contributed by atoms with Crippen molar-refractivity contribution in [3.8, 4) is 0 Å². The number of hydrogen-bond donors (Lipinski definition) is 3. The van der Waals surface area contributed by atoms with Gasteiger partial charge in [-0.05, 0) is 51.4 Å². The molecule has 0 spiro atoms. The zero-order valence-corrected chi connectivity index (χ0v) is 37.4. The van der Waals surface area contributed by atoms with Gasteiger partial charge in [-0.2, -0.15) is 0 Å². The van der Waals surface area contributed by atoms with Crippen molar-refractivity contribution in [3.05, 3.63) is 24.3 Å². The van der Waals surface area contributed by atoms with Gasteiger partial charge in [-0.3, -0.25) is 9.59 Å². The first-order chi connectivity index (χ1) is 27.5. The maximum atomic E-state index is 12.4. The summed E-state index contributed by atoms with van der Waals surface area (Å²) in [7, 11) is 0. The van der Waals surface area contributed by atoms with Crippen molar-refractivity contribution in [2.75, 3.05) is 13.2 Å². The lowest BCUT2D eigenvalue weighted by Crippen LogP contribution is -2.45. The molecule has 0 radical (unpaired) electrons. The van der Waals surface area contributed by atoms with E-state index in [-0.39, 0.29) is 18.5 Å². The number of aliphatic hydroxyl groups is 2. The quantitative estimate of drug-likeness (QED) is 0.0324. The fourth-order valence-electron chi connectivity index (χ4n) is 7.38. The molecule has 0 fully saturated rings. The Hall–Kier alpha value is -1.66. The van der Waals surface area contributed by atoms with Gasteiger partial charge in [0.1, 0.15) is 0 Å². The topological polar surface area (TPSA) is 95.9 Å². The first-order valence-electron chi connectivity index (χ1n) is 24.6. The lowest BCUT2D eigenvalue weighted by molar-refractivity contribution is -0.143. The Balaban J connectivity index is 3.42. The fraction of sp³-hybridized carbons (Fsp3) is 0.880. The first-order valence-corrected chi connectivity index (χ1v) is 24.6. The van der Waals surface area contributed by atoms with E-state index in [1.54, 1.807) is 6.08 Å². The highest BCUT2D eigenvalue weighted by Crippen LogP contribution is 2.16. The molecule has 2 atom stereocenters. The minimum absolute atomic E-state index is 0.00534. The number of aliphatic hydroxyl groups excluding tert-OH is 2. The van der Waals surface area contributed by atoms with Gasteiger partial charge < -0.3 is 20.3 Å². The molecule has 2 unspecified atom stereocenters. The summed E-state index contributed by atoms with van der Waals surface area (Å²) in [5.74, 6) is -0.0800. The predicted octanol–water partition coefficient (Wildman–Crippen LogP) is 14.3. The third-order valence-corrected chi connectivity index (χ3v) is 11.2. The van der Waals surface area contributed by atoms with Crippen LogP contribution in [0, 0.1) is 0 Å². The highest BCUT2D eigenvalue weighted by molar-refractivity contribution is 5.76. The molecule has 0 aliphatic rings. The number of nitrogens with one attached hydrogen (secondary N) is 1. The van der Waals surface area contributed by atoms with Gasteiger partial charge in [-0.15, -0.1) is 0 Å². The minimum Gasteiger partial charge on any atom is -0.466 e. The number of unbranched alkanes of at least 4 members (excludes halogenated alkanes) is 32. The summed E-state index contributed by atoms with van der Waals surface area (Å²) in [6, 6.07) is -0.628. The van der Waals surface area contributed by atoms with E-state index in [0.29, 0.717) is 19.4 Å². The molecule has 0 rings (SSSR count). The summed E-state index contributed by atoms with van der Waals surface area (Å²) in [4.78, 5) is 24.3. The Morgan fingerprint density at radius 1 is 0.482 bits per heavy atom. The van der Waals surface area contributed by atoms with E-state index in [2.05, 4.69) is 31.3 Å². The third-order valence-electron chi connectivity index (χ3n) is 11.2. The van der Waals surface area contributed by atoms with E-state index in [4.69, 9.17) is 4.74 Å². The molecule has 0 saturated heterocycles. The van der Waals surface area contributed by atoms with Crippen LogP contribution in [-0.2, 0) is 14.3 Å². The van der Waals surface area contributed by atoms with Crippen LogP contribution in [0.4, 0.5) is 0 Å². The summed E-state index contributed by atoms with van der Waals surface area (Å²) < 4.78 is 5.44. The van der Waals surface area contributed by atoms with Crippen molar-refractivity contribution < 1.29 is 24.5 Å². The van der Waals surface area contributed by atoms with Crippen LogP contribution >= 0.6 is 0 Å². The van der Waals surface area contributed by atoms with Crippen LogP contribution in [0.15, 0.2) is 24.3 Å². The number of ether oxygens (including phenoxy) is 1. The molecule has 6 nitrogen and oxygen atoms in total. The van der Waals surface area contributed by atoms with Gasteiger partial charge >= 0.3 is 5.97 Å². The second kappa shape index (κ2) is 46.0. The van der Waals surface area contributed by atoms with Crippen molar-refractivity contribution in [1.29, 1.82) is 0 Å². The lowest BCUT2D eigenvalue weighted by Gasteiger charge is -2.20. The third kappa shape index (κ3) is 42.0. The number of hydrogen-bond acceptors (Lipinski definition) is 5. The number of allylic oxidation sites excluding steroid dienone is 3. The molecule has 1 amide bonds. The van der Waals surface area contributed by atoms with Crippen LogP contribution < -0.4 is 5.32 Å². The Bertz CT molecular complexity index is 874. The Morgan fingerprint density at radius 2 is 0.857 bits per heavy atom. The van der Waals surface area contributed by atoms with Crippen molar-refractivity contribution in [2.45, 2.75) is 270 Å². The number of rotatable bonds is 45. The lowest BCUT2D eigenvalue weighted by atomic mass is 10.0. The number of esters is 1. The van der Waals surface area contributed by atoms with Crippen molar-refractivity contribution in [2.24, 2.45) is 0 Å². The smallest absolute Gasteiger partial charge is 0.305 e. The van der Waals surface area contributed by atoms with Gasteiger partial charge in [0.05, 0.1) is 25.4 Å². The average molecular weight is 790 g/mol. The van der Waals surface area contributed by atoms with E-state index in [0.717, 1.165) is 44.9 Å². The predicted molar refractivity (Wildman–Crippen MR) is 241 cm³/mol. The molecule has 0 aromatic carbocycles. The molecule has 0 aromatic heterocycles. The second-order valence-electron chi connectivity index (χ2n) is 16.8. The maximum absolute atomic E-state index is 12.4. The van der Waals surface area contributed by atoms with Crippen LogP contribution in [0.3, 0.4) is 0 Å². The molecule has 0 bridgehead atoms. The summed E-state index contributed by atoms with van der Waals surface area (Å²) in [5.41, 5.74) is 0. The van der Waals surface area contributed by atoms with E-state index in [9.17, 15) is 19.8 Å². The minimum atomic E-state index is -0.844. The highest BCUT2D eigenvalue weighted by Gasteiger charge is 2.18. The normalized spacial score (nSPS) is 12.9. The van der Waals surface area contributed by atoms with E-state index >= 15 is 0 Å². The van der Waals surface area contributed by atoms with E-state index in [1.807, 2.05) is 6.08 Å². The fourth-order valence-corrected chi connectivity index (χ4v) is 7.38. The van der Waals surface area contributed by atoms with Gasteiger partial charge in [0.15, 0.2) is 0 Å². The molecule has 0 aliphatic carbocycles. The zero-order valence-electron chi connectivity index (χ0n) is 37.4. The highest BCUT2D eigenvalue weighted by atomic mass is 16.5. The molecule has 0 aliphatic heterocycles. The molecule has 0 heterocycles. The van der Waals surface area contributed by atoms with Crippen molar-refractivity contribution >= 4 is 11.9 Å². The number of carbonyl (C=O) groups excluding carboxylic acids is 2. The van der Waals surface area contributed by atoms with Gasteiger partial charge in [0, 0.05) is 12.8 Å². The SMILES string of the molecule is CCCC/C=C\CCCCCCCC(=O)OCCCCCCCCCCCCCCCCCCCCC(=O)NC(CO)C(O)/C=C/CCCCCCCCCC.